The second-order valence-electron chi connectivity index (χ2n) is 1.88. The van der Waals surface area contributed by atoms with Gasteiger partial charge in [-0.2, -0.15) is 11.8 Å². The van der Waals surface area contributed by atoms with Crippen molar-refractivity contribution in [3.05, 3.63) is 6.26 Å². The fourth-order valence-electron chi connectivity index (χ4n) is 0.319. The summed E-state index contributed by atoms with van der Waals surface area (Å²) in [5.74, 6) is 2.05. The lowest BCUT2D eigenvalue weighted by molar-refractivity contribution is 0.638. The monoisotopic (exact) mass is 117 g/mol. The van der Waals surface area contributed by atoms with E-state index in [9.17, 15) is 0 Å². The Bertz CT molecular complexity index is 35.2. The molecule has 0 aliphatic heterocycles. The highest BCUT2D eigenvalue weighted by Gasteiger charge is 1.93. The lowest BCUT2D eigenvalue weighted by Gasteiger charge is -2.02. The molecule has 7 heavy (non-hydrogen) atoms. The van der Waals surface area contributed by atoms with Gasteiger partial charge in [0.15, 0.2) is 0 Å². The van der Waals surface area contributed by atoms with Crippen LogP contribution in [0.2, 0.25) is 0 Å². The summed E-state index contributed by atoms with van der Waals surface area (Å²) in [7, 11) is 0. The molecule has 1 heteroatoms. The van der Waals surface area contributed by atoms with Gasteiger partial charge in [-0.05, 0) is 11.7 Å². The summed E-state index contributed by atoms with van der Waals surface area (Å²) in [6.07, 6.45) is 4.97. The summed E-state index contributed by atoms with van der Waals surface area (Å²) in [6, 6.07) is 0. The Kier molecular flexibility index (Phi) is 4.73. The molecule has 1 unspecified atom stereocenters. The third-order valence-corrected chi connectivity index (χ3v) is 1.90. The Morgan fingerprint density at radius 1 is 1.71 bits per heavy atom. The molecular formula is C6H13S. The Balaban J connectivity index is 2.83. The Morgan fingerprint density at radius 2 is 2.29 bits per heavy atom. The molecule has 0 N–H and O–H groups in total. The van der Waals surface area contributed by atoms with Crippen LogP contribution in [0.15, 0.2) is 0 Å². The zero-order chi connectivity index (χ0) is 5.70. The highest BCUT2D eigenvalue weighted by Crippen LogP contribution is 2.07. The number of hydrogen-bond donors (Lipinski definition) is 0. The predicted octanol–water partition coefficient (Wildman–Crippen LogP) is 2.56. The topological polar surface area (TPSA) is 0 Å². The zero-order valence-corrected chi connectivity index (χ0v) is 5.92. The van der Waals surface area contributed by atoms with Crippen molar-refractivity contribution < 1.29 is 0 Å². The first-order valence-electron chi connectivity index (χ1n) is 2.68. The molecule has 0 fully saturated rings. The fraction of sp³-hybridized carbons (Fsp3) is 0.833. The van der Waals surface area contributed by atoms with Gasteiger partial charge in [-0.1, -0.05) is 20.3 Å². The fourth-order valence-corrected chi connectivity index (χ4v) is 0.957. The van der Waals surface area contributed by atoms with Crippen LogP contribution in [0.3, 0.4) is 0 Å². The minimum atomic E-state index is 0.850. The van der Waals surface area contributed by atoms with Gasteiger partial charge < -0.3 is 0 Å². The molecular weight excluding hydrogens is 104 g/mol. The molecule has 43 valence electrons. The molecule has 0 bridgehead atoms. The average molecular weight is 117 g/mol. The number of thioether (sulfide) groups is 1. The molecule has 0 amide bonds. The van der Waals surface area contributed by atoms with E-state index in [1.165, 1.54) is 12.2 Å². The molecule has 0 spiro atoms. The van der Waals surface area contributed by atoms with Crippen molar-refractivity contribution in [1.82, 2.24) is 0 Å². The van der Waals surface area contributed by atoms with E-state index in [2.05, 4.69) is 20.1 Å². The molecule has 0 aromatic carbocycles. The van der Waals surface area contributed by atoms with E-state index in [0.29, 0.717) is 0 Å². The molecule has 0 heterocycles. The molecule has 0 aromatic rings. The van der Waals surface area contributed by atoms with Crippen molar-refractivity contribution >= 4 is 11.8 Å². The van der Waals surface area contributed by atoms with Gasteiger partial charge in [0.05, 0.1) is 0 Å². The minimum Gasteiger partial charge on any atom is -0.161 e. The van der Waals surface area contributed by atoms with Crippen LogP contribution in [-0.4, -0.2) is 5.75 Å². The van der Waals surface area contributed by atoms with Gasteiger partial charge in [-0.25, -0.2) is 0 Å². The Morgan fingerprint density at radius 3 is 2.43 bits per heavy atom. The second kappa shape index (κ2) is 4.51. The van der Waals surface area contributed by atoms with Crippen LogP contribution in [0.1, 0.15) is 20.3 Å². The quantitative estimate of drug-likeness (QED) is 0.547. The SMILES string of the molecule is [CH2]SCC(C)CC. The number of hydrogen-bond acceptors (Lipinski definition) is 1. The second-order valence-corrected chi connectivity index (χ2v) is 2.63. The third kappa shape index (κ3) is 4.20. The third-order valence-electron chi connectivity index (χ3n) is 1.10. The molecule has 0 saturated heterocycles. The van der Waals surface area contributed by atoms with Crippen LogP contribution < -0.4 is 0 Å². The van der Waals surface area contributed by atoms with Crippen molar-refractivity contribution in [2.75, 3.05) is 5.75 Å². The van der Waals surface area contributed by atoms with E-state index in [1.807, 2.05) is 0 Å². The van der Waals surface area contributed by atoms with Gasteiger partial charge in [0.25, 0.3) is 0 Å². The van der Waals surface area contributed by atoms with Gasteiger partial charge >= 0.3 is 0 Å². The first-order chi connectivity index (χ1) is 3.31. The normalized spacial score (nSPS) is 14.1. The standard InChI is InChI=1S/C6H13S/c1-4-6(2)5-7-3/h6H,3-5H2,1-2H3. The maximum Gasteiger partial charge on any atom is 0.00236 e. The van der Waals surface area contributed by atoms with E-state index in [4.69, 9.17) is 0 Å². The van der Waals surface area contributed by atoms with E-state index in [-0.39, 0.29) is 0 Å². The summed E-state index contributed by atoms with van der Waals surface area (Å²) in [5.41, 5.74) is 0. The van der Waals surface area contributed by atoms with Crippen LogP contribution in [0.5, 0.6) is 0 Å². The van der Waals surface area contributed by atoms with Crippen molar-refractivity contribution in [3.8, 4) is 0 Å². The van der Waals surface area contributed by atoms with Gasteiger partial charge in [-0.3, -0.25) is 0 Å². The highest BCUT2D eigenvalue weighted by molar-refractivity contribution is 8.00. The number of rotatable bonds is 3. The molecule has 0 saturated carbocycles. The molecule has 0 aliphatic carbocycles. The van der Waals surface area contributed by atoms with Gasteiger partial charge in [0, 0.05) is 6.26 Å². The minimum absolute atomic E-state index is 0.850. The summed E-state index contributed by atoms with van der Waals surface area (Å²) in [6.45, 7) is 4.46. The summed E-state index contributed by atoms with van der Waals surface area (Å²) in [5, 5.41) is 0. The van der Waals surface area contributed by atoms with E-state index in [0.717, 1.165) is 5.92 Å². The molecule has 1 radical (unpaired) electrons. The average Bonchev–Trinajstić information content (AvgIpc) is 1.68. The van der Waals surface area contributed by atoms with Gasteiger partial charge in [0.1, 0.15) is 0 Å². The van der Waals surface area contributed by atoms with Crippen LogP contribution in [0.4, 0.5) is 0 Å². The van der Waals surface area contributed by atoms with Crippen molar-refractivity contribution in [2.45, 2.75) is 20.3 Å². The first kappa shape index (κ1) is 7.35. The maximum atomic E-state index is 3.69. The predicted molar refractivity (Wildman–Crippen MR) is 37.3 cm³/mol. The van der Waals surface area contributed by atoms with Crippen molar-refractivity contribution in [2.24, 2.45) is 5.92 Å². The molecule has 0 aliphatic rings. The maximum absolute atomic E-state index is 3.69. The largest absolute Gasteiger partial charge is 0.161 e. The van der Waals surface area contributed by atoms with E-state index in [1.54, 1.807) is 11.8 Å². The van der Waals surface area contributed by atoms with Gasteiger partial charge in [0.2, 0.25) is 0 Å². The van der Waals surface area contributed by atoms with E-state index < -0.39 is 0 Å². The van der Waals surface area contributed by atoms with Crippen LogP contribution in [0.25, 0.3) is 0 Å². The molecule has 1 atom stereocenters. The smallest absolute Gasteiger partial charge is 0.00236 e. The Hall–Kier alpha value is 0.350. The summed E-state index contributed by atoms with van der Waals surface area (Å²) >= 11 is 1.68. The zero-order valence-electron chi connectivity index (χ0n) is 5.11. The van der Waals surface area contributed by atoms with Crippen molar-refractivity contribution in [1.29, 1.82) is 0 Å². The highest BCUT2D eigenvalue weighted by atomic mass is 32.2. The molecule has 0 aromatic heterocycles. The lowest BCUT2D eigenvalue weighted by Crippen LogP contribution is -1.92. The van der Waals surface area contributed by atoms with Crippen molar-refractivity contribution in [3.63, 3.8) is 0 Å². The van der Waals surface area contributed by atoms with Crippen LogP contribution in [-0.2, 0) is 0 Å². The van der Waals surface area contributed by atoms with Crippen LogP contribution >= 0.6 is 11.8 Å². The Labute approximate surface area is 50.7 Å². The van der Waals surface area contributed by atoms with E-state index >= 15 is 0 Å². The summed E-state index contributed by atoms with van der Waals surface area (Å²) in [4.78, 5) is 0. The first-order valence-corrected chi connectivity index (χ1v) is 3.83. The summed E-state index contributed by atoms with van der Waals surface area (Å²) < 4.78 is 0. The van der Waals surface area contributed by atoms with Crippen LogP contribution in [0, 0.1) is 12.2 Å². The molecule has 0 rings (SSSR count). The van der Waals surface area contributed by atoms with Gasteiger partial charge in [-0.15, -0.1) is 0 Å². The lowest BCUT2D eigenvalue weighted by atomic mass is 10.2. The molecule has 0 nitrogen and oxygen atoms in total.